The van der Waals surface area contributed by atoms with Gasteiger partial charge in [-0.1, -0.05) is 42.4 Å². The molecule has 6 nitrogen and oxygen atoms in total. The van der Waals surface area contributed by atoms with Crippen LogP contribution in [0.5, 0.6) is 0 Å². The normalized spacial score (nSPS) is 13.1. The third-order valence-electron chi connectivity index (χ3n) is 3.57. The van der Waals surface area contributed by atoms with Gasteiger partial charge in [0.05, 0.1) is 5.69 Å². The Morgan fingerprint density at radius 1 is 1.21 bits per heavy atom. The molecule has 0 saturated heterocycles. The van der Waals surface area contributed by atoms with Crippen molar-refractivity contribution >= 4 is 21.2 Å². The van der Waals surface area contributed by atoms with Crippen molar-refractivity contribution in [1.82, 2.24) is 15.1 Å². The zero-order chi connectivity index (χ0) is 17.2. The Morgan fingerprint density at radius 2 is 1.96 bits per heavy atom. The van der Waals surface area contributed by atoms with Gasteiger partial charge in [-0.05, 0) is 13.3 Å². The number of aryl methyl sites for hydroxylation is 1. The fraction of sp³-hybridized carbons (Fsp3) is 0.312. The highest BCUT2D eigenvalue weighted by atomic mass is 32.2. The highest BCUT2D eigenvalue weighted by molar-refractivity contribution is 7.93. The average Bonchev–Trinajstić information content (AvgIpc) is 3.25. The monoisotopic (exact) mass is 363 g/mol. The first-order valence-electron chi connectivity index (χ1n) is 7.59. The predicted molar refractivity (Wildman–Crippen MR) is 91.4 cm³/mol. The first-order chi connectivity index (χ1) is 11.5. The van der Waals surface area contributed by atoms with E-state index < -0.39 is 15.1 Å². The minimum absolute atomic E-state index is 0.0593. The van der Waals surface area contributed by atoms with Crippen LogP contribution >= 0.6 is 11.3 Å². The number of aromatic nitrogens is 3. The summed E-state index contributed by atoms with van der Waals surface area (Å²) in [7, 11) is -3.67. The number of rotatable bonds is 6. The third kappa shape index (κ3) is 3.25. The second kappa shape index (κ2) is 6.82. The molecule has 0 aliphatic carbocycles. The summed E-state index contributed by atoms with van der Waals surface area (Å²) in [4.78, 5) is 8.46. The molecule has 0 amide bonds. The Hall–Kier alpha value is -2.06. The Balaban J connectivity index is 1.88. The van der Waals surface area contributed by atoms with Gasteiger partial charge >= 0.3 is 0 Å². The molecule has 0 saturated carbocycles. The lowest BCUT2D eigenvalue weighted by Gasteiger charge is -2.05. The quantitative estimate of drug-likeness (QED) is 0.664. The molecule has 8 heteroatoms. The summed E-state index contributed by atoms with van der Waals surface area (Å²) in [5.74, 6) is 0.633. The fourth-order valence-electron chi connectivity index (χ4n) is 2.17. The van der Waals surface area contributed by atoms with Crippen molar-refractivity contribution < 1.29 is 12.9 Å². The SMILES string of the molecule is CCCc1noc(C(C)S(=O)(=O)c2nc(-c3ccccc3)cs2)n1. The van der Waals surface area contributed by atoms with E-state index in [1.54, 1.807) is 12.3 Å². The molecule has 2 aromatic heterocycles. The van der Waals surface area contributed by atoms with Crippen LogP contribution < -0.4 is 0 Å². The lowest BCUT2D eigenvalue weighted by Crippen LogP contribution is -2.11. The zero-order valence-electron chi connectivity index (χ0n) is 13.3. The molecule has 0 fully saturated rings. The first kappa shape index (κ1) is 16.8. The maximum absolute atomic E-state index is 12.8. The maximum Gasteiger partial charge on any atom is 0.245 e. The van der Waals surface area contributed by atoms with Gasteiger partial charge in [-0.3, -0.25) is 0 Å². The van der Waals surface area contributed by atoms with E-state index in [4.69, 9.17) is 4.52 Å². The second-order valence-electron chi connectivity index (χ2n) is 5.35. The summed E-state index contributed by atoms with van der Waals surface area (Å²) in [6.07, 6.45) is 1.53. The van der Waals surface area contributed by atoms with Gasteiger partial charge in [0, 0.05) is 17.4 Å². The van der Waals surface area contributed by atoms with Crippen molar-refractivity contribution in [2.24, 2.45) is 0 Å². The van der Waals surface area contributed by atoms with Gasteiger partial charge in [-0.15, -0.1) is 11.3 Å². The topological polar surface area (TPSA) is 86.0 Å². The second-order valence-corrected chi connectivity index (χ2v) is 8.65. The Labute approximate surface area is 144 Å². The largest absolute Gasteiger partial charge is 0.338 e. The number of nitrogens with zero attached hydrogens (tertiary/aromatic N) is 3. The van der Waals surface area contributed by atoms with E-state index in [1.807, 2.05) is 37.3 Å². The molecule has 3 aromatic rings. The lowest BCUT2D eigenvalue weighted by molar-refractivity contribution is 0.371. The van der Waals surface area contributed by atoms with E-state index in [-0.39, 0.29) is 10.2 Å². The van der Waals surface area contributed by atoms with Crippen LogP contribution in [0.15, 0.2) is 44.6 Å². The molecule has 0 aliphatic rings. The summed E-state index contributed by atoms with van der Waals surface area (Å²) >= 11 is 1.10. The first-order valence-corrected chi connectivity index (χ1v) is 10.0. The van der Waals surface area contributed by atoms with Crippen molar-refractivity contribution in [2.75, 3.05) is 0 Å². The van der Waals surface area contributed by atoms with E-state index in [0.29, 0.717) is 17.9 Å². The van der Waals surface area contributed by atoms with Crippen LogP contribution in [0.1, 0.15) is 37.2 Å². The molecule has 0 aliphatic heterocycles. The summed E-state index contributed by atoms with van der Waals surface area (Å²) in [6.45, 7) is 3.54. The van der Waals surface area contributed by atoms with Gasteiger partial charge in [0.15, 0.2) is 5.82 Å². The summed E-state index contributed by atoms with van der Waals surface area (Å²) in [5.41, 5.74) is 1.52. The van der Waals surface area contributed by atoms with Crippen LogP contribution in [0.2, 0.25) is 0 Å². The van der Waals surface area contributed by atoms with E-state index in [9.17, 15) is 8.42 Å². The minimum Gasteiger partial charge on any atom is -0.338 e. The van der Waals surface area contributed by atoms with Crippen LogP contribution in [0.4, 0.5) is 0 Å². The predicted octanol–water partition coefficient (Wildman–Crippen LogP) is 3.68. The van der Waals surface area contributed by atoms with Crippen molar-refractivity contribution in [3.05, 3.63) is 47.4 Å². The Morgan fingerprint density at radius 3 is 2.67 bits per heavy atom. The summed E-state index contributed by atoms with van der Waals surface area (Å²) < 4.78 is 30.7. The van der Waals surface area contributed by atoms with Gasteiger partial charge < -0.3 is 4.52 Å². The molecule has 126 valence electrons. The molecule has 0 N–H and O–H groups in total. The molecule has 1 atom stereocenters. The number of sulfone groups is 1. The summed E-state index contributed by atoms with van der Waals surface area (Å²) in [5, 5.41) is 4.64. The average molecular weight is 363 g/mol. The number of thiazole rings is 1. The minimum atomic E-state index is -3.67. The fourth-order valence-corrected chi connectivity index (χ4v) is 4.73. The zero-order valence-corrected chi connectivity index (χ0v) is 15.0. The van der Waals surface area contributed by atoms with Gasteiger partial charge in [0.2, 0.25) is 20.1 Å². The van der Waals surface area contributed by atoms with Crippen molar-refractivity contribution in [3.63, 3.8) is 0 Å². The van der Waals surface area contributed by atoms with Crippen LogP contribution in [0.3, 0.4) is 0 Å². The third-order valence-corrected chi connectivity index (χ3v) is 6.90. The molecule has 0 bridgehead atoms. The highest BCUT2D eigenvalue weighted by Crippen LogP contribution is 2.32. The number of benzene rings is 1. The van der Waals surface area contributed by atoms with E-state index in [0.717, 1.165) is 23.3 Å². The van der Waals surface area contributed by atoms with Gasteiger partial charge in [-0.25, -0.2) is 13.4 Å². The molecule has 0 radical (unpaired) electrons. The number of hydrogen-bond donors (Lipinski definition) is 0. The Bertz CT molecular complexity index is 917. The van der Waals surface area contributed by atoms with Crippen LogP contribution in [-0.4, -0.2) is 23.5 Å². The molecular weight excluding hydrogens is 346 g/mol. The molecule has 0 spiro atoms. The van der Waals surface area contributed by atoms with Gasteiger partial charge in [0.25, 0.3) is 0 Å². The van der Waals surface area contributed by atoms with Crippen LogP contribution in [0.25, 0.3) is 11.3 Å². The molecule has 2 heterocycles. The van der Waals surface area contributed by atoms with E-state index in [2.05, 4.69) is 15.1 Å². The molecular formula is C16H17N3O3S2. The van der Waals surface area contributed by atoms with Crippen LogP contribution in [-0.2, 0) is 16.3 Å². The smallest absolute Gasteiger partial charge is 0.245 e. The van der Waals surface area contributed by atoms with Gasteiger partial charge in [0.1, 0.15) is 5.25 Å². The molecule has 24 heavy (non-hydrogen) atoms. The van der Waals surface area contributed by atoms with Crippen molar-refractivity contribution in [3.8, 4) is 11.3 Å². The molecule has 1 aromatic carbocycles. The number of hydrogen-bond acceptors (Lipinski definition) is 7. The standard InChI is InChI=1S/C16H17N3O3S2/c1-3-7-14-18-15(22-19-14)11(2)24(20,21)16-17-13(10-23-16)12-8-5-4-6-9-12/h4-6,8-11H,3,7H2,1-2H3. The maximum atomic E-state index is 12.8. The highest BCUT2D eigenvalue weighted by Gasteiger charge is 2.32. The molecule has 3 rings (SSSR count). The van der Waals surface area contributed by atoms with E-state index >= 15 is 0 Å². The van der Waals surface area contributed by atoms with Gasteiger partial charge in [-0.2, -0.15) is 4.98 Å². The summed E-state index contributed by atoms with van der Waals surface area (Å²) in [6, 6.07) is 9.46. The lowest BCUT2D eigenvalue weighted by atomic mass is 10.2. The van der Waals surface area contributed by atoms with Crippen LogP contribution in [0, 0.1) is 0 Å². The molecule has 1 unspecified atom stereocenters. The van der Waals surface area contributed by atoms with E-state index in [1.165, 1.54) is 0 Å². The van der Waals surface area contributed by atoms with Crippen molar-refractivity contribution in [2.45, 2.75) is 36.3 Å². The van der Waals surface area contributed by atoms with Crippen molar-refractivity contribution in [1.29, 1.82) is 0 Å². The Kier molecular flexibility index (Phi) is 4.77.